The Morgan fingerprint density at radius 1 is 0.278 bits per heavy atom. The minimum absolute atomic E-state index is 0.155. The molecule has 0 saturated carbocycles. The van der Waals surface area contributed by atoms with Crippen molar-refractivity contribution in [2.75, 3.05) is 0 Å². The molecule has 0 saturated heterocycles. The number of rotatable bonds is 6. The average Bonchev–Trinajstić information content (AvgIpc) is 4.31. The zero-order valence-corrected chi connectivity index (χ0v) is 43.1. The summed E-state index contributed by atoms with van der Waals surface area (Å²) in [4.78, 5) is 0. The second-order valence-electron chi connectivity index (χ2n) is 21.3. The van der Waals surface area contributed by atoms with Crippen molar-refractivity contribution in [2.24, 2.45) is 0 Å². The number of allylic oxidation sites excluding steroid dienone is 2. The summed E-state index contributed by atoms with van der Waals surface area (Å²) < 4.78 is 12.1. The number of aromatic nitrogens is 2. The molecule has 0 amide bonds. The van der Waals surface area contributed by atoms with Gasteiger partial charge in [0.1, 0.15) is 11.9 Å². The molecule has 3 heteroatoms. The third-order valence-corrected chi connectivity index (χ3v) is 17.2. The van der Waals surface area contributed by atoms with E-state index in [1.165, 1.54) is 142 Å². The van der Waals surface area contributed by atoms with Gasteiger partial charge in [0, 0.05) is 61.6 Å². The summed E-state index contributed by atoms with van der Waals surface area (Å²) in [5, 5.41) is 14.8. The van der Waals surface area contributed by atoms with Crippen LogP contribution in [0.4, 0.5) is 0 Å². The van der Waals surface area contributed by atoms with Gasteiger partial charge in [-0.15, -0.1) is 0 Å². The van der Waals surface area contributed by atoms with Gasteiger partial charge in [0.2, 0.25) is 0 Å². The van der Waals surface area contributed by atoms with Gasteiger partial charge in [0.25, 0.3) is 0 Å². The minimum atomic E-state index is -0.155. The van der Waals surface area contributed by atoms with Gasteiger partial charge < -0.3 is 13.9 Å². The summed E-state index contributed by atoms with van der Waals surface area (Å²) >= 11 is 0. The van der Waals surface area contributed by atoms with Gasteiger partial charge in [-0.05, 0) is 119 Å². The van der Waals surface area contributed by atoms with Crippen molar-refractivity contribution in [1.82, 2.24) is 9.13 Å². The van der Waals surface area contributed by atoms with E-state index in [2.05, 4.69) is 282 Å². The number of para-hydroxylation sites is 6. The van der Waals surface area contributed by atoms with Crippen LogP contribution in [0.3, 0.4) is 0 Å². The lowest BCUT2D eigenvalue weighted by atomic mass is 9.80. The van der Waals surface area contributed by atoms with Crippen LogP contribution in [0.25, 0.3) is 143 Å². The lowest BCUT2D eigenvalue weighted by Crippen LogP contribution is -2.15. The summed E-state index contributed by atoms with van der Waals surface area (Å²) in [6.45, 7) is 0. The normalized spacial score (nSPS) is 14.2. The number of ether oxygens (including phenoxy) is 1. The minimum Gasteiger partial charge on any atom is -0.485 e. The molecule has 2 aliphatic rings. The molecular formula is C76H48N2O. The average molecular weight is 1010 g/mol. The standard InChI is InChI=1S/C76H48N2O/c1-3-22-48(23-4-1)77-66-41-17-15-26-50(66)60-36-19-39-64(75(60)77)72-54-30-9-7-28-52(54)70(53-29-8-10-31-55(53)72)47-44-45-62-69(46-47)79-68-43-21-38-63(74(62)68)71-56-32-11-13-34-58(56)73(59-35-14-12-33-57(59)71)65-40-20-37-61-51-27-16-18-42-67(51)78(76(61)65)49-24-5-2-6-25-49/h1-45,69H,46H2. The molecule has 17 rings (SSSR count). The number of nitrogens with zero attached hydrogens (tertiary/aromatic N) is 2. The number of benzene rings is 13. The Balaban J connectivity index is 0.855. The number of fused-ring (bicyclic) bond motifs is 13. The van der Waals surface area contributed by atoms with Gasteiger partial charge >= 0.3 is 0 Å². The highest BCUT2D eigenvalue weighted by Gasteiger charge is 2.36. The SMILES string of the molecule is C1=C(c2c3ccccc3c(-c3cccc4c5ccccc5n(-c5ccccc5)c34)c3ccccc23)CC2Oc3cccc(-c4c5ccccc5c(-c5cccc6c7ccccc7n(-c7ccccc7)c56)c5ccccc45)c3C2=C1. The summed E-state index contributed by atoms with van der Waals surface area (Å²) in [5.41, 5.74) is 19.5. The molecule has 0 bridgehead atoms. The zero-order chi connectivity index (χ0) is 51.7. The van der Waals surface area contributed by atoms with E-state index in [0.29, 0.717) is 0 Å². The second kappa shape index (κ2) is 17.1. The molecule has 2 aromatic heterocycles. The van der Waals surface area contributed by atoms with E-state index in [1.807, 2.05) is 0 Å². The largest absolute Gasteiger partial charge is 0.485 e. The first-order valence-corrected chi connectivity index (χ1v) is 27.5. The maximum Gasteiger partial charge on any atom is 0.129 e. The van der Waals surface area contributed by atoms with Crippen molar-refractivity contribution in [3.63, 3.8) is 0 Å². The predicted octanol–water partition coefficient (Wildman–Crippen LogP) is 20.1. The summed E-state index contributed by atoms with van der Waals surface area (Å²) in [5.74, 6) is 0.935. The fraction of sp³-hybridized carbons (Fsp3) is 0.0263. The number of hydrogen-bond acceptors (Lipinski definition) is 1. The molecule has 368 valence electrons. The monoisotopic (exact) mass is 1000 g/mol. The zero-order valence-electron chi connectivity index (χ0n) is 43.1. The Bertz CT molecular complexity index is 5020. The van der Waals surface area contributed by atoms with E-state index in [9.17, 15) is 0 Å². The van der Waals surface area contributed by atoms with Crippen molar-refractivity contribution >= 4 is 97.8 Å². The summed E-state index contributed by atoms with van der Waals surface area (Å²) in [6, 6.07) is 96.0. The van der Waals surface area contributed by atoms with Crippen molar-refractivity contribution in [1.29, 1.82) is 0 Å². The van der Waals surface area contributed by atoms with Crippen LogP contribution in [-0.4, -0.2) is 15.2 Å². The highest BCUT2D eigenvalue weighted by Crippen LogP contribution is 2.54. The Morgan fingerprint density at radius 3 is 1.09 bits per heavy atom. The third kappa shape index (κ3) is 6.36. The Hall–Kier alpha value is -10.2. The molecular weight excluding hydrogens is 957 g/mol. The molecule has 1 atom stereocenters. The molecule has 13 aromatic carbocycles. The van der Waals surface area contributed by atoms with Gasteiger partial charge in [-0.1, -0.05) is 231 Å². The highest BCUT2D eigenvalue weighted by atomic mass is 16.5. The van der Waals surface area contributed by atoms with Gasteiger partial charge in [-0.3, -0.25) is 0 Å². The molecule has 3 nitrogen and oxygen atoms in total. The molecule has 0 radical (unpaired) electrons. The van der Waals surface area contributed by atoms with E-state index >= 15 is 0 Å². The van der Waals surface area contributed by atoms with Crippen LogP contribution >= 0.6 is 0 Å². The first-order valence-electron chi connectivity index (χ1n) is 27.5. The smallest absolute Gasteiger partial charge is 0.129 e. The molecule has 3 heterocycles. The van der Waals surface area contributed by atoms with Crippen LogP contribution in [0.2, 0.25) is 0 Å². The van der Waals surface area contributed by atoms with E-state index in [4.69, 9.17) is 4.74 Å². The predicted molar refractivity (Wildman–Crippen MR) is 333 cm³/mol. The fourth-order valence-corrected chi connectivity index (χ4v) is 14.1. The van der Waals surface area contributed by atoms with Crippen molar-refractivity contribution in [3.05, 3.63) is 284 Å². The lowest BCUT2D eigenvalue weighted by molar-refractivity contribution is 0.281. The van der Waals surface area contributed by atoms with E-state index in [0.717, 1.165) is 23.5 Å². The second-order valence-corrected chi connectivity index (χ2v) is 21.3. The van der Waals surface area contributed by atoms with Crippen LogP contribution < -0.4 is 4.74 Å². The van der Waals surface area contributed by atoms with Gasteiger partial charge in [0.05, 0.1) is 22.1 Å². The Morgan fingerprint density at radius 2 is 0.633 bits per heavy atom. The van der Waals surface area contributed by atoms with Crippen molar-refractivity contribution < 1.29 is 4.74 Å². The molecule has 0 fully saturated rings. The first kappa shape index (κ1) is 44.0. The first-order chi connectivity index (χ1) is 39.3. The molecule has 1 aliphatic heterocycles. The molecule has 1 unspecified atom stereocenters. The maximum atomic E-state index is 7.21. The fourth-order valence-electron chi connectivity index (χ4n) is 14.1. The molecule has 1 aliphatic carbocycles. The Labute approximate surface area is 456 Å². The maximum absolute atomic E-state index is 7.21. The van der Waals surface area contributed by atoms with Gasteiger partial charge in [-0.25, -0.2) is 0 Å². The van der Waals surface area contributed by atoms with Crippen LogP contribution in [0.15, 0.2) is 273 Å². The van der Waals surface area contributed by atoms with E-state index < -0.39 is 0 Å². The van der Waals surface area contributed by atoms with E-state index in [1.54, 1.807) is 0 Å². The van der Waals surface area contributed by atoms with Crippen molar-refractivity contribution in [3.8, 4) is 50.5 Å². The van der Waals surface area contributed by atoms with Crippen LogP contribution in [0.5, 0.6) is 5.75 Å². The van der Waals surface area contributed by atoms with Gasteiger partial charge in [0.15, 0.2) is 0 Å². The van der Waals surface area contributed by atoms with Crippen molar-refractivity contribution in [2.45, 2.75) is 12.5 Å². The van der Waals surface area contributed by atoms with Gasteiger partial charge in [-0.2, -0.15) is 0 Å². The quantitative estimate of drug-likeness (QED) is 0.152. The molecule has 79 heavy (non-hydrogen) atoms. The molecule has 15 aromatic rings. The van der Waals surface area contributed by atoms with Crippen LogP contribution in [0.1, 0.15) is 17.5 Å². The Kier molecular flexibility index (Phi) is 9.54. The molecule has 0 N–H and O–H groups in total. The third-order valence-electron chi connectivity index (χ3n) is 17.2. The van der Waals surface area contributed by atoms with Crippen LogP contribution in [0, 0.1) is 0 Å². The lowest BCUT2D eigenvalue weighted by Gasteiger charge is -2.24. The summed E-state index contributed by atoms with van der Waals surface area (Å²) in [7, 11) is 0. The topological polar surface area (TPSA) is 19.1 Å². The van der Waals surface area contributed by atoms with E-state index in [-0.39, 0.29) is 6.10 Å². The number of hydrogen-bond donors (Lipinski definition) is 0. The highest BCUT2D eigenvalue weighted by molar-refractivity contribution is 6.27. The molecule has 0 spiro atoms. The summed E-state index contributed by atoms with van der Waals surface area (Å²) in [6.07, 6.45) is 5.36. The van der Waals surface area contributed by atoms with Crippen LogP contribution in [-0.2, 0) is 0 Å².